The van der Waals surface area contributed by atoms with Crippen molar-refractivity contribution >= 4 is 29.1 Å². The van der Waals surface area contributed by atoms with Crippen molar-refractivity contribution in [3.63, 3.8) is 0 Å². The van der Waals surface area contributed by atoms with Gasteiger partial charge in [0.2, 0.25) is 5.95 Å². The van der Waals surface area contributed by atoms with Crippen molar-refractivity contribution in [1.82, 2.24) is 24.6 Å². The molecule has 0 aromatic carbocycles. The van der Waals surface area contributed by atoms with Gasteiger partial charge in [0.05, 0.1) is 18.1 Å². The minimum absolute atomic E-state index is 0.424. The molecule has 0 unspecified atom stereocenters. The second-order valence-electron chi connectivity index (χ2n) is 5.52. The van der Waals surface area contributed by atoms with Crippen LogP contribution in [0.2, 0.25) is 5.02 Å². The molecule has 2 N–H and O–H groups in total. The van der Waals surface area contributed by atoms with Gasteiger partial charge in [-0.25, -0.2) is 4.98 Å². The summed E-state index contributed by atoms with van der Waals surface area (Å²) in [6.07, 6.45) is 7.48. The molecule has 0 bridgehead atoms. The highest BCUT2D eigenvalue weighted by atomic mass is 35.5. The van der Waals surface area contributed by atoms with E-state index in [2.05, 4.69) is 37.5 Å². The molecule has 2 aromatic rings. The summed E-state index contributed by atoms with van der Waals surface area (Å²) in [5.41, 5.74) is 0.828. The Morgan fingerprint density at radius 1 is 1.48 bits per heavy atom. The maximum atomic E-state index is 6.19. The van der Waals surface area contributed by atoms with Crippen molar-refractivity contribution in [2.24, 2.45) is 7.05 Å². The summed E-state index contributed by atoms with van der Waals surface area (Å²) in [7, 11) is 1.86. The summed E-state index contributed by atoms with van der Waals surface area (Å²) < 4.78 is 1.71. The van der Waals surface area contributed by atoms with E-state index in [1.807, 2.05) is 19.8 Å². The van der Waals surface area contributed by atoms with E-state index in [1.165, 1.54) is 6.42 Å². The number of hydrogen-bond donors (Lipinski definition) is 2. The normalized spacial score (nSPS) is 18.3. The van der Waals surface area contributed by atoms with Crippen molar-refractivity contribution < 1.29 is 0 Å². The summed E-state index contributed by atoms with van der Waals surface area (Å²) in [6, 6.07) is 0.424. The lowest BCUT2D eigenvalue weighted by atomic mass is 10.2. The van der Waals surface area contributed by atoms with E-state index in [0.717, 1.165) is 25.2 Å². The first-order valence-electron chi connectivity index (χ1n) is 7.56. The predicted octanol–water partition coefficient (Wildman–Crippen LogP) is 2.48. The number of aromatic nitrogens is 4. The van der Waals surface area contributed by atoms with Crippen LogP contribution in [0, 0.1) is 13.5 Å². The van der Waals surface area contributed by atoms with E-state index in [9.17, 15) is 0 Å². The molecule has 1 fully saturated rings. The molecule has 1 aliphatic rings. The maximum absolute atomic E-state index is 6.19. The van der Waals surface area contributed by atoms with Crippen molar-refractivity contribution in [2.75, 3.05) is 23.7 Å². The van der Waals surface area contributed by atoms with Crippen LogP contribution in [0.25, 0.3) is 0 Å². The second-order valence-corrected chi connectivity index (χ2v) is 5.92. The fraction of sp³-hybridized carbons (Fsp3) is 0.400. The SMILES string of the molecule is [CH2][CH]N1CCC[C@@H]1CNc1nc(Nc2cnn(C)c2)ncc1Cl. The van der Waals surface area contributed by atoms with Gasteiger partial charge in [-0.15, -0.1) is 0 Å². The number of halogens is 1. The van der Waals surface area contributed by atoms with Crippen LogP contribution >= 0.6 is 11.6 Å². The Labute approximate surface area is 141 Å². The van der Waals surface area contributed by atoms with Gasteiger partial charge in [0, 0.05) is 32.4 Å². The lowest BCUT2D eigenvalue weighted by Crippen LogP contribution is -2.32. The molecule has 122 valence electrons. The molecule has 1 saturated heterocycles. The molecule has 0 aliphatic carbocycles. The molecule has 8 heteroatoms. The van der Waals surface area contributed by atoms with E-state index in [1.54, 1.807) is 17.1 Å². The molecule has 7 nitrogen and oxygen atoms in total. The average molecular weight is 334 g/mol. The zero-order chi connectivity index (χ0) is 16.2. The predicted molar refractivity (Wildman–Crippen MR) is 91.4 cm³/mol. The second kappa shape index (κ2) is 7.14. The fourth-order valence-electron chi connectivity index (χ4n) is 2.70. The molecule has 1 aliphatic heterocycles. The van der Waals surface area contributed by atoms with Gasteiger partial charge in [-0.2, -0.15) is 10.1 Å². The van der Waals surface area contributed by atoms with Crippen LogP contribution in [0.15, 0.2) is 18.6 Å². The summed E-state index contributed by atoms with van der Waals surface area (Å²) in [5, 5.41) is 11.0. The topological polar surface area (TPSA) is 70.9 Å². The van der Waals surface area contributed by atoms with Crippen molar-refractivity contribution in [3.05, 3.63) is 37.1 Å². The number of hydrogen-bond acceptors (Lipinski definition) is 6. The van der Waals surface area contributed by atoms with Crippen molar-refractivity contribution in [3.8, 4) is 0 Å². The standard InChI is InChI=1S/C15H20ClN7/c1-3-23-6-4-5-12(23)8-17-14-13(16)9-18-15(21-14)20-11-7-19-22(2)10-11/h3,7,9-10,12H,1,4-6,8H2,2H3,(H2,17,18,20,21)/t12-/m1/s1. The van der Waals surface area contributed by atoms with E-state index >= 15 is 0 Å². The highest BCUT2D eigenvalue weighted by Gasteiger charge is 2.23. The quantitative estimate of drug-likeness (QED) is 0.846. The highest BCUT2D eigenvalue weighted by Crippen LogP contribution is 2.23. The maximum Gasteiger partial charge on any atom is 0.229 e. The van der Waals surface area contributed by atoms with Gasteiger partial charge in [-0.3, -0.25) is 9.58 Å². The van der Waals surface area contributed by atoms with Crippen molar-refractivity contribution in [1.29, 1.82) is 0 Å². The van der Waals surface area contributed by atoms with Gasteiger partial charge in [0.1, 0.15) is 5.02 Å². The molecule has 2 radical (unpaired) electrons. The third kappa shape index (κ3) is 3.92. The van der Waals surface area contributed by atoms with Gasteiger partial charge >= 0.3 is 0 Å². The lowest BCUT2D eigenvalue weighted by molar-refractivity contribution is 0.334. The Kier molecular flexibility index (Phi) is 4.97. The molecule has 0 amide bonds. The molecular weight excluding hydrogens is 314 g/mol. The average Bonchev–Trinajstić information content (AvgIpc) is 3.16. The van der Waals surface area contributed by atoms with E-state index in [-0.39, 0.29) is 0 Å². The van der Waals surface area contributed by atoms with Crippen LogP contribution in [0.3, 0.4) is 0 Å². The van der Waals surface area contributed by atoms with E-state index in [0.29, 0.717) is 22.8 Å². The van der Waals surface area contributed by atoms with Crippen LogP contribution in [0.4, 0.5) is 17.5 Å². The largest absolute Gasteiger partial charge is 0.367 e. The molecule has 23 heavy (non-hydrogen) atoms. The first kappa shape index (κ1) is 16.0. The molecule has 0 spiro atoms. The minimum atomic E-state index is 0.424. The van der Waals surface area contributed by atoms with Crippen LogP contribution in [0.5, 0.6) is 0 Å². The number of nitrogens with zero attached hydrogens (tertiary/aromatic N) is 5. The van der Waals surface area contributed by atoms with Crippen molar-refractivity contribution in [2.45, 2.75) is 18.9 Å². The van der Waals surface area contributed by atoms with Crippen LogP contribution < -0.4 is 10.6 Å². The summed E-state index contributed by atoms with van der Waals surface area (Å²) in [6.45, 7) is 7.59. The third-order valence-electron chi connectivity index (χ3n) is 3.87. The van der Waals surface area contributed by atoms with Gasteiger partial charge < -0.3 is 10.6 Å². The van der Waals surface area contributed by atoms with Gasteiger partial charge in [0.25, 0.3) is 0 Å². The van der Waals surface area contributed by atoms with Crippen LogP contribution in [0.1, 0.15) is 12.8 Å². The lowest BCUT2D eigenvalue weighted by Gasteiger charge is -2.22. The fourth-order valence-corrected chi connectivity index (χ4v) is 2.86. The highest BCUT2D eigenvalue weighted by molar-refractivity contribution is 6.32. The third-order valence-corrected chi connectivity index (χ3v) is 4.14. The monoisotopic (exact) mass is 333 g/mol. The molecule has 1 atom stereocenters. The van der Waals surface area contributed by atoms with Crippen LogP contribution in [-0.2, 0) is 7.05 Å². The first-order valence-corrected chi connectivity index (χ1v) is 7.94. The number of aryl methyl sites for hydroxylation is 1. The Bertz CT molecular complexity index is 657. The smallest absolute Gasteiger partial charge is 0.229 e. The summed E-state index contributed by atoms with van der Waals surface area (Å²) >= 11 is 6.19. The summed E-state index contributed by atoms with van der Waals surface area (Å²) in [4.78, 5) is 10.9. The minimum Gasteiger partial charge on any atom is -0.367 e. The zero-order valence-corrected chi connectivity index (χ0v) is 13.8. The number of likely N-dealkylation sites (tertiary alicyclic amines) is 1. The molecule has 3 rings (SSSR count). The van der Waals surface area contributed by atoms with E-state index in [4.69, 9.17) is 11.6 Å². The Morgan fingerprint density at radius 3 is 3.09 bits per heavy atom. The Morgan fingerprint density at radius 2 is 2.35 bits per heavy atom. The Balaban J connectivity index is 1.65. The molecular formula is C15H20ClN7. The van der Waals surface area contributed by atoms with Gasteiger partial charge in [-0.05, 0) is 26.3 Å². The van der Waals surface area contributed by atoms with E-state index < -0.39 is 0 Å². The van der Waals surface area contributed by atoms with Crippen LogP contribution in [-0.4, -0.2) is 43.8 Å². The summed E-state index contributed by atoms with van der Waals surface area (Å²) in [5.74, 6) is 1.11. The zero-order valence-electron chi connectivity index (χ0n) is 13.0. The number of nitrogens with one attached hydrogen (secondary N) is 2. The first-order chi connectivity index (χ1) is 11.2. The number of anilines is 3. The molecule has 0 saturated carbocycles. The number of rotatable bonds is 6. The Hall–Kier alpha value is -1.86. The molecule has 3 heterocycles. The van der Waals surface area contributed by atoms with Gasteiger partial charge in [-0.1, -0.05) is 11.6 Å². The molecule has 2 aromatic heterocycles. The van der Waals surface area contributed by atoms with Gasteiger partial charge in [0.15, 0.2) is 5.82 Å².